The van der Waals surface area contributed by atoms with Crippen LogP contribution in [0.5, 0.6) is 0 Å². The number of anilines is 1. The average Bonchev–Trinajstić information content (AvgIpc) is 3.21. The number of halogens is 1. The van der Waals surface area contributed by atoms with Crippen LogP contribution in [0.4, 0.5) is 5.82 Å². The third-order valence-electron chi connectivity index (χ3n) is 4.29. The van der Waals surface area contributed by atoms with Crippen LogP contribution in [-0.4, -0.2) is 25.7 Å². The fraction of sp³-hybridized carbons (Fsp3) is 0.0500. The van der Waals surface area contributed by atoms with Gasteiger partial charge in [-0.2, -0.15) is 5.10 Å². The molecule has 28 heavy (non-hydrogen) atoms. The molecule has 0 spiro atoms. The number of fused-ring (bicyclic) bond motifs is 1. The lowest BCUT2D eigenvalue weighted by Gasteiger charge is -2.11. The quantitative estimate of drug-likeness (QED) is 0.354. The molecule has 0 saturated heterocycles. The number of hydrogen-bond acceptors (Lipinski definition) is 5. The van der Waals surface area contributed by atoms with E-state index in [1.165, 1.54) is 0 Å². The van der Waals surface area contributed by atoms with E-state index in [0.29, 0.717) is 22.9 Å². The van der Waals surface area contributed by atoms with Crippen LogP contribution in [0.2, 0.25) is 5.02 Å². The van der Waals surface area contributed by atoms with Gasteiger partial charge in [0.15, 0.2) is 5.65 Å². The molecule has 140 valence electrons. The van der Waals surface area contributed by atoms with Gasteiger partial charge in [-0.05, 0) is 29.8 Å². The van der Waals surface area contributed by atoms with Gasteiger partial charge in [0.1, 0.15) is 5.82 Å². The van der Waals surface area contributed by atoms with Gasteiger partial charge in [0.2, 0.25) is 0 Å². The number of hydroxylamine groups is 1. The van der Waals surface area contributed by atoms with Gasteiger partial charge in [-0.1, -0.05) is 35.9 Å². The molecule has 0 fully saturated rings. The van der Waals surface area contributed by atoms with Gasteiger partial charge in [0.05, 0.1) is 11.9 Å². The van der Waals surface area contributed by atoms with Crippen molar-refractivity contribution >= 4 is 29.0 Å². The zero-order valence-corrected chi connectivity index (χ0v) is 15.4. The van der Waals surface area contributed by atoms with Crippen molar-refractivity contribution in [1.82, 2.24) is 20.1 Å². The van der Waals surface area contributed by atoms with E-state index in [0.717, 1.165) is 22.5 Å². The minimum Gasteiger partial charge on any atom is -0.366 e. The van der Waals surface area contributed by atoms with Gasteiger partial charge in [0, 0.05) is 34.8 Å². The Morgan fingerprint density at radius 2 is 1.82 bits per heavy atom. The summed E-state index contributed by atoms with van der Waals surface area (Å²) in [7, 11) is 0. The van der Waals surface area contributed by atoms with E-state index in [1.807, 2.05) is 48.5 Å². The highest BCUT2D eigenvalue weighted by Gasteiger charge is 2.09. The Morgan fingerprint density at radius 1 is 1.07 bits per heavy atom. The molecule has 3 N–H and O–H groups in total. The summed E-state index contributed by atoms with van der Waals surface area (Å²) in [5.41, 5.74) is 5.57. The largest absolute Gasteiger partial charge is 0.366 e. The summed E-state index contributed by atoms with van der Waals surface area (Å²) in [5, 5.41) is 17.0. The Bertz CT molecular complexity index is 1120. The summed E-state index contributed by atoms with van der Waals surface area (Å²) in [6.07, 6.45) is 1.70. The molecule has 8 heteroatoms. The zero-order chi connectivity index (χ0) is 19.5. The number of rotatable bonds is 5. The fourth-order valence-electron chi connectivity index (χ4n) is 2.86. The summed E-state index contributed by atoms with van der Waals surface area (Å²) < 4.78 is 1.77. The Balaban J connectivity index is 1.59. The van der Waals surface area contributed by atoms with Crippen LogP contribution < -0.4 is 10.8 Å². The van der Waals surface area contributed by atoms with E-state index >= 15 is 0 Å². The zero-order valence-electron chi connectivity index (χ0n) is 14.6. The Morgan fingerprint density at radius 3 is 2.54 bits per heavy atom. The van der Waals surface area contributed by atoms with E-state index in [-0.39, 0.29) is 0 Å². The highest BCUT2D eigenvalue weighted by molar-refractivity contribution is 6.30. The van der Waals surface area contributed by atoms with Crippen LogP contribution in [0.1, 0.15) is 15.9 Å². The first-order valence-corrected chi connectivity index (χ1v) is 8.90. The van der Waals surface area contributed by atoms with Crippen molar-refractivity contribution in [3.63, 3.8) is 0 Å². The summed E-state index contributed by atoms with van der Waals surface area (Å²) in [4.78, 5) is 16.0. The van der Waals surface area contributed by atoms with Crippen molar-refractivity contribution in [2.24, 2.45) is 0 Å². The molecule has 1 amide bonds. The van der Waals surface area contributed by atoms with Crippen LogP contribution in [0.15, 0.2) is 66.9 Å². The molecule has 0 unspecified atom stereocenters. The standard InChI is InChI=1S/C20H16ClN5O2/c21-16-7-5-14(6-8-16)17-11-18(24-19-9-10-23-26(17)19)22-12-13-1-3-15(4-2-13)20(27)25-28/h1-11,28H,12H2,(H,22,24)(H,25,27). The van der Waals surface area contributed by atoms with E-state index < -0.39 is 5.91 Å². The predicted molar refractivity (Wildman–Crippen MR) is 106 cm³/mol. The maximum Gasteiger partial charge on any atom is 0.274 e. The predicted octanol–water partition coefficient (Wildman–Crippen LogP) is 3.78. The molecular formula is C20H16ClN5O2. The van der Waals surface area contributed by atoms with Crippen LogP contribution in [0.25, 0.3) is 16.9 Å². The van der Waals surface area contributed by atoms with E-state index in [1.54, 1.807) is 28.3 Å². The topological polar surface area (TPSA) is 91.5 Å². The number of nitrogens with one attached hydrogen (secondary N) is 2. The van der Waals surface area contributed by atoms with Gasteiger partial charge in [-0.3, -0.25) is 10.0 Å². The third-order valence-corrected chi connectivity index (χ3v) is 4.54. The van der Waals surface area contributed by atoms with Crippen molar-refractivity contribution in [3.05, 3.63) is 83.0 Å². The van der Waals surface area contributed by atoms with Gasteiger partial charge in [-0.25, -0.2) is 15.0 Å². The number of carbonyl (C=O) groups excluding carboxylic acids is 1. The van der Waals surface area contributed by atoms with Gasteiger partial charge in [0.25, 0.3) is 5.91 Å². The molecular weight excluding hydrogens is 378 g/mol. The fourth-order valence-corrected chi connectivity index (χ4v) is 2.99. The normalized spacial score (nSPS) is 10.8. The first kappa shape index (κ1) is 18.0. The van der Waals surface area contributed by atoms with Crippen molar-refractivity contribution in [2.75, 3.05) is 5.32 Å². The molecule has 2 aromatic heterocycles. The second kappa shape index (κ2) is 7.67. The van der Waals surface area contributed by atoms with Gasteiger partial charge in [-0.15, -0.1) is 0 Å². The molecule has 7 nitrogen and oxygen atoms in total. The smallest absolute Gasteiger partial charge is 0.274 e. The molecule has 0 bridgehead atoms. The van der Waals surface area contributed by atoms with Crippen LogP contribution in [0, 0.1) is 0 Å². The molecule has 2 aromatic carbocycles. The van der Waals surface area contributed by atoms with Crippen molar-refractivity contribution in [3.8, 4) is 11.3 Å². The van der Waals surface area contributed by atoms with Crippen molar-refractivity contribution < 1.29 is 10.0 Å². The van der Waals surface area contributed by atoms with E-state index in [4.69, 9.17) is 16.8 Å². The molecule has 0 atom stereocenters. The highest BCUT2D eigenvalue weighted by atomic mass is 35.5. The second-order valence-corrected chi connectivity index (χ2v) is 6.56. The minimum absolute atomic E-state index is 0.384. The van der Waals surface area contributed by atoms with Gasteiger partial charge >= 0.3 is 0 Å². The highest BCUT2D eigenvalue weighted by Crippen LogP contribution is 2.24. The number of hydrogen-bond donors (Lipinski definition) is 3. The molecule has 0 aliphatic heterocycles. The number of carbonyl (C=O) groups is 1. The number of amides is 1. The molecule has 4 aromatic rings. The average molecular weight is 394 g/mol. The maximum atomic E-state index is 11.4. The molecule has 0 radical (unpaired) electrons. The molecule has 4 rings (SSSR count). The summed E-state index contributed by atoms with van der Waals surface area (Å²) in [5.74, 6) is 0.162. The minimum atomic E-state index is -0.542. The monoisotopic (exact) mass is 393 g/mol. The number of aromatic nitrogens is 3. The van der Waals surface area contributed by atoms with E-state index in [9.17, 15) is 4.79 Å². The van der Waals surface area contributed by atoms with Crippen LogP contribution >= 0.6 is 11.6 Å². The second-order valence-electron chi connectivity index (χ2n) is 6.13. The third kappa shape index (κ3) is 3.66. The molecule has 0 saturated carbocycles. The van der Waals surface area contributed by atoms with Gasteiger partial charge < -0.3 is 5.32 Å². The number of nitrogens with zero attached hydrogens (tertiary/aromatic N) is 3. The Hall–Kier alpha value is -3.42. The summed E-state index contributed by atoms with van der Waals surface area (Å²) in [6, 6.07) is 18.2. The molecule has 0 aliphatic rings. The SMILES string of the molecule is O=C(NO)c1ccc(CNc2cc(-c3ccc(Cl)cc3)n3nccc3n2)cc1. The molecule has 2 heterocycles. The number of benzene rings is 2. The first-order chi connectivity index (χ1) is 13.6. The van der Waals surface area contributed by atoms with Crippen LogP contribution in [0.3, 0.4) is 0 Å². The Labute approximate surface area is 165 Å². The lowest BCUT2D eigenvalue weighted by Crippen LogP contribution is -2.18. The summed E-state index contributed by atoms with van der Waals surface area (Å²) in [6.45, 7) is 0.526. The van der Waals surface area contributed by atoms with E-state index in [2.05, 4.69) is 15.4 Å². The Kier molecular flexibility index (Phi) is 4.92. The molecule has 0 aliphatic carbocycles. The summed E-state index contributed by atoms with van der Waals surface area (Å²) >= 11 is 6.00. The first-order valence-electron chi connectivity index (χ1n) is 8.52. The maximum absolute atomic E-state index is 11.4. The van der Waals surface area contributed by atoms with Crippen LogP contribution in [-0.2, 0) is 6.54 Å². The lowest BCUT2D eigenvalue weighted by molar-refractivity contribution is 0.0706. The van der Waals surface area contributed by atoms with Crippen molar-refractivity contribution in [2.45, 2.75) is 6.54 Å². The lowest BCUT2D eigenvalue weighted by atomic mass is 10.1. The van der Waals surface area contributed by atoms with Crippen molar-refractivity contribution in [1.29, 1.82) is 0 Å².